The Kier molecular flexibility index (Phi) is 5.46. The molecule has 2 heterocycles. The van der Waals surface area contributed by atoms with E-state index in [1.165, 1.54) is 0 Å². The summed E-state index contributed by atoms with van der Waals surface area (Å²) < 4.78 is 7.02. The Bertz CT molecular complexity index is 1040. The average molecular weight is 537 g/mol. The van der Waals surface area contributed by atoms with Crippen LogP contribution in [-0.2, 0) is 10.3 Å². The molecule has 0 saturated carbocycles. The van der Waals surface area contributed by atoms with Gasteiger partial charge in [-0.25, -0.2) is 0 Å². The fourth-order valence-corrected chi connectivity index (χ4v) is 6.10. The van der Waals surface area contributed by atoms with Gasteiger partial charge in [0.25, 0.3) is 11.9 Å². The first kappa shape index (κ1) is 21.0. The van der Waals surface area contributed by atoms with Gasteiger partial charge in [0.1, 0.15) is 12.4 Å². The average Bonchev–Trinajstić information content (AvgIpc) is 3.17. The predicted molar refractivity (Wildman–Crippen MR) is 120 cm³/mol. The van der Waals surface area contributed by atoms with Crippen molar-refractivity contribution in [2.75, 3.05) is 25.5 Å². The largest absolute Gasteiger partial charge is 0.487 e. The highest BCUT2D eigenvalue weighted by molar-refractivity contribution is 9.11. The third kappa shape index (κ3) is 2.99. The number of rotatable bonds is 5. The second-order valence-corrected chi connectivity index (χ2v) is 9.11. The van der Waals surface area contributed by atoms with Gasteiger partial charge in [-0.3, -0.25) is 19.8 Å². The van der Waals surface area contributed by atoms with Crippen molar-refractivity contribution < 1.29 is 14.5 Å². The maximum Gasteiger partial charge on any atom is 0.256 e. The summed E-state index contributed by atoms with van der Waals surface area (Å²) in [7, 11) is 1.77. The molecule has 2 aliphatic heterocycles. The molecule has 156 valence electrons. The molecular weight excluding hydrogens is 518 g/mol. The highest BCUT2D eigenvalue weighted by Crippen LogP contribution is 2.52. The summed E-state index contributed by atoms with van der Waals surface area (Å²) in [5.74, 6) is -0.260. The third-order valence-corrected chi connectivity index (χ3v) is 7.01. The van der Waals surface area contributed by atoms with E-state index in [9.17, 15) is 14.9 Å². The van der Waals surface area contributed by atoms with Gasteiger partial charge in [0.05, 0.1) is 14.9 Å². The van der Waals surface area contributed by atoms with Crippen LogP contribution in [0.25, 0.3) is 0 Å². The van der Waals surface area contributed by atoms with Gasteiger partial charge in [-0.1, -0.05) is 30.9 Å². The lowest BCUT2D eigenvalue weighted by Crippen LogP contribution is -2.54. The number of carbonyl (C=O) groups excluding carboxylic acids is 1. The third-order valence-electron chi connectivity index (χ3n) is 5.84. The molecule has 4 rings (SSSR count). The Labute approximate surface area is 190 Å². The van der Waals surface area contributed by atoms with Gasteiger partial charge in [-0.05, 0) is 62.7 Å². The van der Waals surface area contributed by atoms with Gasteiger partial charge in [-0.2, -0.15) is 0 Å². The number of anilines is 1. The first-order valence-corrected chi connectivity index (χ1v) is 10.9. The van der Waals surface area contributed by atoms with Crippen LogP contribution >= 0.6 is 31.9 Å². The number of fused-ring (bicyclic) bond motifs is 2. The fourth-order valence-electron chi connectivity index (χ4n) is 4.65. The molecule has 0 bridgehead atoms. The van der Waals surface area contributed by atoms with Crippen LogP contribution in [-0.4, -0.2) is 42.0 Å². The monoisotopic (exact) mass is 535 g/mol. The number of nitro groups is 1. The molecule has 9 heteroatoms. The molecular formula is C21H19Br2N3O4. The lowest BCUT2D eigenvalue weighted by molar-refractivity contribution is -0.534. The minimum Gasteiger partial charge on any atom is -0.487 e. The SMILES string of the molecule is C=CCOc1c(Br)cc([C@@H]2CN(C)[C@@]3(C(=O)Nc4ccccc43)[C@H]2[N+](=O)[O-])cc1Br. The zero-order chi connectivity index (χ0) is 21.6. The number of para-hydroxylation sites is 1. The number of benzene rings is 2. The maximum atomic E-state index is 13.2. The number of nitrogens with one attached hydrogen (secondary N) is 1. The first-order valence-electron chi connectivity index (χ1n) is 9.30. The molecule has 0 aromatic heterocycles. The van der Waals surface area contributed by atoms with E-state index in [1.807, 2.05) is 18.2 Å². The second kappa shape index (κ2) is 7.79. The highest BCUT2D eigenvalue weighted by atomic mass is 79.9. The number of hydrogen-bond acceptors (Lipinski definition) is 5. The van der Waals surface area contributed by atoms with Crippen molar-refractivity contribution in [1.82, 2.24) is 4.90 Å². The lowest BCUT2D eigenvalue weighted by Gasteiger charge is -2.30. The van der Waals surface area contributed by atoms with Gasteiger partial charge >= 0.3 is 0 Å². The van der Waals surface area contributed by atoms with Crippen molar-refractivity contribution in [3.8, 4) is 5.75 Å². The van der Waals surface area contributed by atoms with Crippen molar-refractivity contribution in [2.45, 2.75) is 17.5 Å². The summed E-state index contributed by atoms with van der Waals surface area (Å²) in [4.78, 5) is 27.0. The van der Waals surface area contributed by atoms with Crippen LogP contribution in [0.5, 0.6) is 5.75 Å². The number of amides is 1. The number of likely N-dealkylation sites (tertiary alicyclic amines) is 1. The number of halogens is 2. The van der Waals surface area contributed by atoms with E-state index in [0.717, 1.165) is 5.56 Å². The molecule has 1 saturated heterocycles. The van der Waals surface area contributed by atoms with Crippen molar-refractivity contribution in [3.63, 3.8) is 0 Å². The smallest absolute Gasteiger partial charge is 0.256 e. The standard InChI is InChI=1S/C21H19Br2N3O4/c1-3-8-30-18-15(22)9-12(10-16(18)23)13-11-25(2)21(19(13)26(28)29)14-6-4-5-7-17(14)24-20(21)27/h3-7,9-10,13,19H,1,8,11H2,2H3,(H,24,27)/t13-,19-,21+/m0/s1. The van der Waals surface area contributed by atoms with Crippen LogP contribution < -0.4 is 10.1 Å². The molecule has 2 aromatic rings. The number of likely N-dealkylation sites (N-methyl/N-ethyl adjacent to an activating group) is 1. The summed E-state index contributed by atoms with van der Waals surface area (Å²) >= 11 is 7.02. The second-order valence-electron chi connectivity index (χ2n) is 7.40. The maximum absolute atomic E-state index is 13.2. The molecule has 1 fully saturated rings. The van der Waals surface area contributed by atoms with Gasteiger partial charge < -0.3 is 10.1 Å². The van der Waals surface area contributed by atoms with E-state index >= 15 is 0 Å². The number of ether oxygens (including phenoxy) is 1. The van der Waals surface area contributed by atoms with Gasteiger partial charge in [0, 0.05) is 22.7 Å². The van der Waals surface area contributed by atoms with Crippen LogP contribution in [0.4, 0.5) is 5.69 Å². The quantitative estimate of drug-likeness (QED) is 0.350. The normalized spacial score (nSPS) is 25.2. The van der Waals surface area contributed by atoms with Crippen LogP contribution in [0.2, 0.25) is 0 Å². The van der Waals surface area contributed by atoms with Crippen LogP contribution in [0.1, 0.15) is 17.0 Å². The van der Waals surface area contributed by atoms with E-state index in [4.69, 9.17) is 4.74 Å². The summed E-state index contributed by atoms with van der Waals surface area (Å²) in [6.45, 7) is 4.34. The Morgan fingerprint density at radius 2 is 2.03 bits per heavy atom. The van der Waals surface area contributed by atoms with E-state index in [1.54, 1.807) is 36.2 Å². The number of nitrogens with zero attached hydrogens (tertiary/aromatic N) is 2. The van der Waals surface area contributed by atoms with Crippen molar-refractivity contribution in [1.29, 1.82) is 0 Å². The Hall–Kier alpha value is -2.23. The minimum atomic E-state index is -1.36. The Morgan fingerprint density at radius 3 is 2.67 bits per heavy atom. The van der Waals surface area contributed by atoms with Crippen LogP contribution in [0.15, 0.2) is 58.0 Å². The summed E-state index contributed by atoms with van der Waals surface area (Å²) in [6.07, 6.45) is 1.64. The van der Waals surface area contributed by atoms with Gasteiger partial charge in [0.15, 0.2) is 5.54 Å². The van der Waals surface area contributed by atoms with Gasteiger partial charge in [-0.15, -0.1) is 0 Å². The Morgan fingerprint density at radius 1 is 1.37 bits per heavy atom. The molecule has 1 amide bonds. The number of carbonyl (C=O) groups is 1. The molecule has 2 aliphatic rings. The van der Waals surface area contributed by atoms with Crippen molar-refractivity contribution in [2.24, 2.45) is 0 Å². The topological polar surface area (TPSA) is 84.7 Å². The summed E-state index contributed by atoms with van der Waals surface area (Å²) in [5.41, 5.74) is 0.660. The molecule has 1 spiro atoms. The molecule has 1 N–H and O–H groups in total. The molecule has 2 aromatic carbocycles. The van der Waals surface area contributed by atoms with Crippen molar-refractivity contribution >= 4 is 43.5 Å². The van der Waals surface area contributed by atoms with E-state index < -0.39 is 17.5 Å². The molecule has 0 radical (unpaired) electrons. The Balaban J connectivity index is 1.83. The molecule has 30 heavy (non-hydrogen) atoms. The zero-order valence-electron chi connectivity index (χ0n) is 16.1. The molecule has 0 unspecified atom stereocenters. The molecule has 3 atom stereocenters. The van der Waals surface area contributed by atoms with Crippen molar-refractivity contribution in [3.05, 3.63) is 79.2 Å². The fraction of sp³-hybridized carbons (Fsp3) is 0.286. The highest BCUT2D eigenvalue weighted by Gasteiger charge is 2.68. The van der Waals surface area contributed by atoms with Crippen LogP contribution in [0, 0.1) is 10.1 Å². The summed E-state index contributed by atoms with van der Waals surface area (Å²) in [6, 6.07) is 9.69. The summed E-state index contributed by atoms with van der Waals surface area (Å²) in [5, 5.41) is 15.2. The van der Waals surface area contributed by atoms with E-state index in [-0.39, 0.29) is 10.8 Å². The minimum absolute atomic E-state index is 0.320. The van der Waals surface area contributed by atoms with E-state index in [0.29, 0.717) is 39.1 Å². The van der Waals surface area contributed by atoms with E-state index in [2.05, 4.69) is 43.8 Å². The lowest BCUT2D eigenvalue weighted by atomic mass is 9.79. The first-order chi connectivity index (χ1) is 14.3. The zero-order valence-corrected chi connectivity index (χ0v) is 19.3. The van der Waals surface area contributed by atoms with Gasteiger partial charge in [0.2, 0.25) is 0 Å². The number of hydrogen-bond donors (Lipinski definition) is 1. The van der Waals surface area contributed by atoms with Crippen LogP contribution in [0.3, 0.4) is 0 Å². The molecule has 7 nitrogen and oxygen atoms in total. The predicted octanol–water partition coefficient (Wildman–Crippen LogP) is 4.30. The molecule has 0 aliphatic carbocycles.